The third kappa shape index (κ3) is 5.72. The summed E-state index contributed by atoms with van der Waals surface area (Å²) in [4.78, 5) is 23.0. The molecule has 0 aliphatic rings. The number of esters is 1. The zero-order valence-corrected chi connectivity index (χ0v) is 11.8. The van der Waals surface area contributed by atoms with E-state index in [2.05, 4.69) is 5.32 Å². The molecule has 19 heavy (non-hydrogen) atoms. The molecule has 0 bridgehead atoms. The number of hydrogen-bond donors (Lipinski definition) is 2. The summed E-state index contributed by atoms with van der Waals surface area (Å²) < 4.78 is 5.14. The van der Waals surface area contributed by atoms with E-state index in [9.17, 15) is 9.59 Å². The Bertz CT molecular complexity index is 421. The molecule has 0 spiro atoms. The largest absolute Gasteiger partial charge is 0.459 e. The van der Waals surface area contributed by atoms with Gasteiger partial charge in [0.05, 0.1) is 6.54 Å². The number of nitrogens with two attached hydrogens (primary N) is 1. The maximum atomic E-state index is 11.8. The molecule has 1 aromatic rings. The Morgan fingerprint density at radius 2 is 1.84 bits per heavy atom. The molecule has 0 saturated heterocycles. The molecule has 5 nitrogen and oxygen atoms in total. The number of hydrogen-bond acceptors (Lipinski definition) is 4. The van der Waals surface area contributed by atoms with Crippen LogP contribution in [0, 0.1) is 0 Å². The highest BCUT2D eigenvalue weighted by Crippen LogP contribution is 2.08. The van der Waals surface area contributed by atoms with Gasteiger partial charge in [0.1, 0.15) is 12.1 Å². The molecule has 0 fully saturated rings. The van der Waals surface area contributed by atoms with Crippen molar-refractivity contribution < 1.29 is 14.3 Å². The van der Waals surface area contributed by atoms with Crippen LogP contribution in [-0.2, 0) is 20.9 Å². The van der Waals surface area contributed by atoms with E-state index in [1.54, 1.807) is 13.8 Å². The second kappa shape index (κ2) is 7.76. The third-order valence-electron chi connectivity index (χ3n) is 2.36. The molecule has 0 saturated carbocycles. The Hall–Kier alpha value is -1.59. The molecular formula is C13H19ClN2O3. The summed E-state index contributed by atoms with van der Waals surface area (Å²) in [6.45, 7) is 3.18. The second-order valence-electron chi connectivity index (χ2n) is 4.44. The second-order valence-corrected chi connectivity index (χ2v) is 4.44. The Labute approximate surface area is 118 Å². The molecule has 0 aliphatic carbocycles. The van der Waals surface area contributed by atoms with Crippen LogP contribution in [-0.4, -0.2) is 24.0 Å². The molecule has 1 amide bonds. The smallest absolute Gasteiger partial charge is 0.331 e. The van der Waals surface area contributed by atoms with Crippen LogP contribution in [0.5, 0.6) is 0 Å². The number of halogens is 1. The van der Waals surface area contributed by atoms with Gasteiger partial charge < -0.3 is 15.8 Å². The fraction of sp³-hybridized carbons (Fsp3) is 0.385. The molecule has 3 N–H and O–H groups in total. The van der Waals surface area contributed by atoms with Gasteiger partial charge in [-0.25, -0.2) is 4.79 Å². The molecule has 1 rings (SSSR count). The molecule has 0 aliphatic heterocycles. The summed E-state index contributed by atoms with van der Waals surface area (Å²) in [5.41, 5.74) is 5.00. The minimum absolute atomic E-state index is 0. The summed E-state index contributed by atoms with van der Waals surface area (Å²) >= 11 is 0. The Balaban J connectivity index is 0.00000324. The Morgan fingerprint density at radius 1 is 1.26 bits per heavy atom. The number of rotatable bonds is 5. The van der Waals surface area contributed by atoms with Gasteiger partial charge in [0.15, 0.2) is 0 Å². The van der Waals surface area contributed by atoms with E-state index < -0.39 is 17.4 Å². The summed E-state index contributed by atoms with van der Waals surface area (Å²) in [5.74, 6) is -0.884. The number of nitrogens with one attached hydrogen (secondary N) is 1. The lowest BCUT2D eigenvalue weighted by molar-refractivity contribution is -0.153. The summed E-state index contributed by atoms with van der Waals surface area (Å²) in [6.07, 6.45) is 0. The fourth-order valence-electron chi connectivity index (χ4n) is 1.35. The molecule has 6 heteroatoms. The van der Waals surface area contributed by atoms with Crippen molar-refractivity contribution in [3.05, 3.63) is 35.9 Å². The maximum absolute atomic E-state index is 11.8. The van der Waals surface area contributed by atoms with Crippen molar-refractivity contribution in [2.75, 3.05) is 6.54 Å². The number of carbonyl (C=O) groups excluding carboxylic acids is 2. The zero-order chi connectivity index (χ0) is 13.6. The minimum Gasteiger partial charge on any atom is -0.459 e. The van der Waals surface area contributed by atoms with Crippen LogP contribution in [0.3, 0.4) is 0 Å². The molecule has 0 atom stereocenters. The van der Waals surface area contributed by atoms with E-state index in [1.807, 2.05) is 30.3 Å². The summed E-state index contributed by atoms with van der Waals surface area (Å²) in [7, 11) is 0. The van der Waals surface area contributed by atoms with Gasteiger partial charge in [0, 0.05) is 0 Å². The first-order valence-electron chi connectivity index (χ1n) is 5.68. The average Bonchev–Trinajstić information content (AvgIpc) is 2.36. The van der Waals surface area contributed by atoms with Gasteiger partial charge in [-0.05, 0) is 19.4 Å². The molecule has 1 aromatic carbocycles. The average molecular weight is 287 g/mol. The molecule has 0 unspecified atom stereocenters. The molecule has 0 aromatic heterocycles. The number of amides is 1. The summed E-state index contributed by atoms with van der Waals surface area (Å²) in [5, 5.41) is 2.50. The van der Waals surface area contributed by atoms with Crippen molar-refractivity contribution in [1.82, 2.24) is 5.32 Å². The van der Waals surface area contributed by atoms with Gasteiger partial charge in [-0.15, -0.1) is 12.4 Å². The van der Waals surface area contributed by atoms with Gasteiger partial charge in [0.25, 0.3) is 0 Å². The van der Waals surface area contributed by atoms with E-state index in [0.717, 1.165) is 5.56 Å². The van der Waals surface area contributed by atoms with E-state index >= 15 is 0 Å². The normalized spacial score (nSPS) is 10.3. The Kier molecular flexibility index (Phi) is 7.11. The highest BCUT2D eigenvalue weighted by Gasteiger charge is 2.30. The minimum atomic E-state index is -1.08. The van der Waals surface area contributed by atoms with Gasteiger partial charge >= 0.3 is 5.97 Å². The van der Waals surface area contributed by atoms with Crippen LogP contribution in [0.25, 0.3) is 0 Å². The van der Waals surface area contributed by atoms with E-state index in [0.29, 0.717) is 0 Å². The highest BCUT2D eigenvalue weighted by molar-refractivity contribution is 5.88. The van der Waals surface area contributed by atoms with Crippen molar-refractivity contribution in [2.45, 2.75) is 26.0 Å². The van der Waals surface area contributed by atoms with Crippen LogP contribution in [0.1, 0.15) is 19.4 Å². The van der Waals surface area contributed by atoms with Gasteiger partial charge in [-0.3, -0.25) is 4.79 Å². The van der Waals surface area contributed by atoms with E-state index in [1.165, 1.54) is 0 Å². The van der Waals surface area contributed by atoms with E-state index in [4.69, 9.17) is 10.5 Å². The zero-order valence-electron chi connectivity index (χ0n) is 11.0. The Morgan fingerprint density at radius 3 is 2.37 bits per heavy atom. The van der Waals surface area contributed by atoms with Crippen molar-refractivity contribution in [3.8, 4) is 0 Å². The lowest BCUT2D eigenvalue weighted by Gasteiger charge is -2.23. The first kappa shape index (κ1) is 17.4. The lowest BCUT2D eigenvalue weighted by Crippen LogP contribution is -2.52. The highest BCUT2D eigenvalue weighted by atomic mass is 35.5. The van der Waals surface area contributed by atoms with Gasteiger partial charge in [0.2, 0.25) is 5.91 Å². The predicted molar refractivity (Wildman–Crippen MR) is 74.8 cm³/mol. The predicted octanol–water partition coefficient (Wildman–Crippen LogP) is 1.01. The standard InChI is InChI=1S/C13H18N2O3.ClH/c1-13(2,15-11(16)8-14)12(17)18-9-10-6-4-3-5-7-10;/h3-7H,8-9,14H2,1-2H3,(H,15,16);1H. The molecule has 0 radical (unpaired) electrons. The van der Waals surface area contributed by atoms with Crippen LogP contribution in [0.4, 0.5) is 0 Å². The third-order valence-corrected chi connectivity index (χ3v) is 2.36. The topological polar surface area (TPSA) is 81.4 Å². The van der Waals surface area contributed by atoms with Crippen LogP contribution in [0.2, 0.25) is 0 Å². The number of carbonyl (C=O) groups is 2. The molecule has 0 heterocycles. The van der Waals surface area contributed by atoms with Crippen LogP contribution >= 0.6 is 12.4 Å². The van der Waals surface area contributed by atoms with Crippen molar-refractivity contribution >= 4 is 24.3 Å². The van der Waals surface area contributed by atoms with Crippen molar-refractivity contribution in [2.24, 2.45) is 5.73 Å². The van der Waals surface area contributed by atoms with Crippen molar-refractivity contribution in [1.29, 1.82) is 0 Å². The monoisotopic (exact) mass is 286 g/mol. The van der Waals surface area contributed by atoms with Gasteiger partial charge in [-0.1, -0.05) is 30.3 Å². The fourth-order valence-corrected chi connectivity index (χ4v) is 1.35. The SMILES string of the molecule is CC(C)(NC(=O)CN)C(=O)OCc1ccccc1.Cl. The lowest BCUT2D eigenvalue weighted by atomic mass is 10.1. The summed E-state index contributed by atoms with van der Waals surface area (Å²) in [6, 6.07) is 9.34. The first-order chi connectivity index (χ1) is 8.45. The number of ether oxygens (including phenoxy) is 1. The molecular weight excluding hydrogens is 268 g/mol. The van der Waals surface area contributed by atoms with Crippen LogP contribution in [0.15, 0.2) is 30.3 Å². The maximum Gasteiger partial charge on any atom is 0.331 e. The number of benzene rings is 1. The van der Waals surface area contributed by atoms with E-state index in [-0.39, 0.29) is 25.6 Å². The first-order valence-corrected chi connectivity index (χ1v) is 5.68. The quantitative estimate of drug-likeness (QED) is 0.792. The molecule has 106 valence electrons. The van der Waals surface area contributed by atoms with Crippen LogP contribution < -0.4 is 11.1 Å². The van der Waals surface area contributed by atoms with Gasteiger partial charge in [-0.2, -0.15) is 0 Å². The van der Waals surface area contributed by atoms with Crippen molar-refractivity contribution in [3.63, 3.8) is 0 Å².